The van der Waals surface area contributed by atoms with Crippen molar-refractivity contribution in [2.75, 3.05) is 6.54 Å². The molecule has 1 aliphatic heterocycles. The van der Waals surface area contributed by atoms with Crippen molar-refractivity contribution in [1.29, 1.82) is 0 Å². The Labute approximate surface area is 137 Å². The number of thiophene rings is 1. The summed E-state index contributed by atoms with van der Waals surface area (Å²) in [7, 11) is 0. The quantitative estimate of drug-likeness (QED) is 0.578. The Balaban J connectivity index is 2.13. The van der Waals surface area contributed by atoms with Gasteiger partial charge in [0, 0.05) is 23.7 Å². The first kappa shape index (κ1) is 17.2. The molecule has 5 heteroatoms. The molecular weight excluding hydrogens is 296 g/mol. The Hall–Kier alpha value is -1.20. The Bertz CT molecular complexity index is 531. The van der Waals surface area contributed by atoms with Crippen molar-refractivity contribution in [2.24, 2.45) is 0 Å². The molecule has 1 saturated heterocycles. The van der Waals surface area contributed by atoms with Crippen LogP contribution in [0.1, 0.15) is 58.9 Å². The Morgan fingerprint density at radius 3 is 2.50 bits per heavy atom. The van der Waals surface area contributed by atoms with Gasteiger partial charge in [-0.3, -0.25) is 15.0 Å². The maximum absolute atomic E-state index is 11.3. The molecule has 122 valence electrons. The van der Waals surface area contributed by atoms with E-state index in [9.17, 15) is 10.1 Å². The molecule has 4 nitrogen and oxygen atoms in total. The largest absolute Gasteiger partial charge is 0.293 e. The molecule has 0 radical (unpaired) electrons. The highest BCUT2D eigenvalue weighted by molar-refractivity contribution is 7.08. The number of hydrogen-bond donors (Lipinski definition) is 0. The van der Waals surface area contributed by atoms with Crippen molar-refractivity contribution in [3.63, 3.8) is 0 Å². The van der Waals surface area contributed by atoms with E-state index in [0.717, 1.165) is 24.9 Å². The minimum Gasteiger partial charge on any atom is -0.293 e. The van der Waals surface area contributed by atoms with Crippen LogP contribution >= 0.6 is 11.3 Å². The number of likely N-dealkylation sites (tertiary alicyclic amines) is 1. The zero-order valence-corrected chi connectivity index (χ0v) is 14.8. The van der Waals surface area contributed by atoms with Gasteiger partial charge in [0.15, 0.2) is 0 Å². The van der Waals surface area contributed by atoms with Crippen LogP contribution in [0.25, 0.3) is 6.08 Å². The molecule has 22 heavy (non-hydrogen) atoms. The van der Waals surface area contributed by atoms with Gasteiger partial charge in [-0.2, -0.15) is 11.3 Å². The fourth-order valence-corrected chi connectivity index (χ4v) is 4.26. The Kier molecular flexibility index (Phi) is 5.07. The first-order valence-electron chi connectivity index (χ1n) is 7.87. The van der Waals surface area contributed by atoms with Gasteiger partial charge < -0.3 is 0 Å². The molecule has 0 spiro atoms. The fraction of sp³-hybridized carbons (Fsp3) is 0.647. The molecule has 0 saturated carbocycles. The third-order valence-electron chi connectivity index (χ3n) is 4.74. The van der Waals surface area contributed by atoms with Crippen molar-refractivity contribution in [2.45, 2.75) is 64.5 Å². The average Bonchev–Trinajstić information content (AvgIpc) is 2.88. The van der Waals surface area contributed by atoms with E-state index >= 15 is 0 Å². The zero-order chi connectivity index (χ0) is 16.4. The molecule has 1 aromatic heterocycles. The predicted molar refractivity (Wildman–Crippen MR) is 92.6 cm³/mol. The third kappa shape index (κ3) is 3.96. The molecule has 2 heterocycles. The smallest absolute Gasteiger partial charge is 0.248 e. The molecular formula is C17H26N2O2S. The Morgan fingerprint density at radius 1 is 1.36 bits per heavy atom. The SMILES string of the molecule is CC1(C)CCCC(C)(C)N1CC/C(=C\c1ccsc1)[N+](=O)[O-]. The lowest BCUT2D eigenvalue weighted by Gasteiger charge is -2.53. The first-order valence-corrected chi connectivity index (χ1v) is 8.82. The van der Waals surface area contributed by atoms with Crippen LogP contribution in [0.4, 0.5) is 0 Å². The highest BCUT2D eigenvalue weighted by atomic mass is 32.1. The van der Waals surface area contributed by atoms with Gasteiger partial charge in [0.25, 0.3) is 0 Å². The maximum atomic E-state index is 11.3. The molecule has 0 atom stereocenters. The Morgan fingerprint density at radius 2 is 2.00 bits per heavy atom. The van der Waals surface area contributed by atoms with E-state index in [1.54, 1.807) is 17.4 Å². The van der Waals surface area contributed by atoms with Gasteiger partial charge in [-0.25, -0.2) is 0 Å². The van der Waals surface area contributed by atoms with Crippen LogP contribution in [0, 0.1) is 10.1 Å². The molecule has 0 amide bonds. The lowest BCUT2D eigenvalue weighted by Crippen LogP contribution is -2.58. The molecule has 0 N–H and O–H groups in total. The summed E-state index contributed by atoms with van der Waals surface area (Å²) < 4.78 is 0. The normalized spacial score (nSPS) is 21.7. The maximum Gasteiger partial charge on any atom is 0.248 e. The van der Waals surface area contributed by atoms with Crippen LogP contribution in [0.15, 0.2) is 22.5 Å². The predicted octanol–water partition coefficient (Wildman–Crippen LogP) is 4.80. The number of nitrogens with zero attached hydrogens (tertiary/aromatic N) is 2. The number of rotatable bonds is 5. The second-order valence-electron chi connectivity index (χ2n) is 7.33. The van der Waals surface area contributed by atoms with Gasteiger partial charge in [0.2, 0.25) is 5.70 Å². The third-order valence-corrected chi connectivity index (χ3v) is 5.44. The summed E-state index contributed by atoms with van der Waals surface area (Å²) >= 11 is 1.56. The summed E-state index contributed by atoms with van der Waals surface area (Å²) in [4.78, 5) is 13.6. The zero-order valence-electron chi connectivity index (χ0n) is 14.0. The van der Waals surface area contributed by atoms with Gasteiger partial charge in [-0.05, 0) is 69.3 Å². The summed E-state index contributed by atoms with van der Waals surface area (Å²) in [5, 5.41) is 15.2. The van der Waals surface area contributed by atoms with E-state index in [4.69, 9.17) is 0 Å². The van der Waals surface area contributed by atoms with Crippen LogP contribution < -0.4 is 0 Å². The molecule has 1 aliphatic rings. The topological polar surface area (TPSA) is 46.4 Å². The summed E-state index contributed by atoms with van der Waals surface area (Å²) in [5.74, 6) is 0. The van der Waals surface area contributed by atoms with Crippen LogP contribution in [0.5, 0.6) is 0 Å². The standard InChI is InChI=1S/C17H26N2O2S/c1-16(2)8-5-9-17(3,4)18(16)10-6-15(19(20)21)12-14-7-11-22-13-14/h7,11-13H,5-6,8-10H2,1-4H3/b15-12+. The molecule has 0 aromatic carbocycles. The van der Waals surface area contributed by atoms with Gasteiger partial charge in [0.05, 0.1) is 11.3 Å². The summed E-state index contributed by atoms with van der Waals surface area (Å²) in [6.07, 6.45) is 5.72. The second-order valence-corrected chi connectivity index (χ2v) is 8.11. The molecule has 1 aromatic rings. The van der Waals surface area contributed by atoms with Crippen molar-refractivity contribution in [3.05, 3.63) is 38.2 Å². The van der Waals surface area contributed by atoms with Gasteiger partial charge in [0.1, 0.15) is 0 Å². The average molecular weight is 322 g/mol. The van der Waals surface area contributed by atoms with E-state index in [2.05, 4.69) is 32.6 Å². The van der Waals surface area contributed by atoms with E-state index in [1.807, 2.05) is 16.8 Å². The van der Waals surface area contributed by atoms with E-state index in [1.165, 1.54) is 6.42 Å². The van der Waals surface area contributed by atoms with Gasteiger partial charge in [-0.15, -0.1) is 0 Å². The molecule has 1 fully saturated rings. The minimum absolute atomic E-state index is 0.103. The van der Waals surface area contributed by atoms with Crippen molar-refractivity contribution >= 4 is 17.4 Å². The van der Waals surface area contributed by atoms with Gasteiger partial charge in [-0.1, -0.05) is 0 Å². The van der Waals surface area contributed by atoms with Crippen LogP contribution in [-0.2, 0) is 0 Å². The van der Waals surface area contributed by atoms with E-state index < -0.39 is 0 Å². The number of nitro groups is 1. The molecule has 0 aliphatic carbocycles. The first-order chi connectivity index (χ1) is 10.2. The van der Waals surface area contributed by atoms with Gasteiger partial charge >= 0.3 is 0 Å². The summed E-state index contributed by atoms with van der Waals surface area (Å²) in [6, 6.07) is 1.92. The van der Waals surface area contributed by atoms with Crippen LogP contribution in [0.3, 0.4) is 0 Å². The highest BCUT2D eigenvalue weighted by Gasteiger charge is 2.41. The molecule has 2 rings (SSSR count). The van der Waals surface area contributed by atoms with Crippen molar-refractivity contribution < 1.29 is 4.92 Å². The van der Waals surface area contributed by atoms with Crippen molar-refractivity contribution in [3.8, 4) is 0 Å². The van der Waals surface area contributed by atoms with E-state index in [-0.39, 0.29) is 16.0 Å². The fourth-order valence-electron chi connectivity index (χ4n) is 3.64. The molecule has 0 bridgehead atoms. The lowest BCUT2D eigenvalue weighted by molar-refractivity contribution is -0.426. The summed E-state index contributed by atoms with van der Waals surface area (Å²) in [6.45, 7) is 9.74. The summed E-state index contributed by atoms with van der Waals surface area (Å²) in [5.41, 5.74) is 1.43. The van der Waals surface area contributed by atoms with E-state index in [0.29, 0.717) is 12.1 Å². The van der Waals surface area contributed by atoms with Crippen LogP contribution in [0.2, 0.25) is 0 Å². The van der Waals surface area contributed by atoms with Crippen molar-refractivity contribution in [1.82, 2.24) is 4.90 Å². The number of piperidine rings is 1. The lowest BCUT2D eigenvalue weighted by atomic mass is 9.79. The molecule has 0 unspecified atom stereocenters. The second kappa shape index (κ2) is 6.50. The minimum atomic E-state index is -0.235. The highest BCUT2D eigenvalue weighted by Crippen LogP contribution is 2.38. The monoisotopic (exact) mass is 322 g/mol. The van der Waals surface area contributed by atoms with Crippen LogP contribution in [-0.4, -0.2) is 27.4 Å². The number of hydrogen-bond acceptors (Lipinski definition) is 4.